The van der Waals surface area contributed by atoms with Crippen LogP contribution in [0.1, 0.15) is 24.4 Å². The van der Waals surface area contributed by atoms with Gasteiger partial charge in [-0.15, -0.1) is 0 Å². The number of aliphatic imine (C=N–C) groups is 1. The van der Waals surface area contributed by atoms with Gasteiger partial charge in [0.15, 0.2) is 0 Å². The van der Waals surface area contributed by atoms with E-state index in [1.807, 2.05) is 12.1 Å². The first-order chi connectivity index (χ1) is 11.9. The highest BCUT2D eigenvalue weighted by molar-refractivity contribution is 5.79. The third-order valence-electron chi connectivity index (χ3n) is 4.68. The Morgan fingerprint density at radius 2 is 1.92 bits per heavy atom. The van der Waals surface area contributed by atoms with Crippen LogP contribution in [-0.2, 0) is 4.74 Å². The van der Waals surface area contributed by atoms with Crippen LogP contribution in [0.2, 0.25) is 0 Å². The Morgan fingerprint density at radius 1 is 1.08 bits per heavy atom. The predicted molar refractivity (Wildman–Crippen MR) is 94.2 cm³/mol. The summed E-state index contributed by atoms with van der Waals surface area (Å²) < 4.78 is 6.02. The van der Waals surface area contributed by atoms with Crippen LogP contribution in [0.25, 0.3) is 0 Å². The number of nitrogens with zero attached hydrogens (tertiary/aromatic N) is 3. The monoisotopic (exact) mass is 322 g/mol. The van der Waals surface area contributed by atoms with Gasteiger partial charge < -0.3 is 15.0 Å². The number of amidine groups is 1. The Bertz CT molecular complexity index is 683. The summed E-state index contributed by atoms with van der Waals surface area (Å²) in [6, 6.07) is 15.8. The minimum absolute atomic E-state index is 0.227. The van der Waals surface area contributed by atoms with Crippen molar-refractivity contribution in [3.05, 3.63) is 60.4 Å². The summed E-state index contributed by atoms with van der Waals surface area (Å²) in [6.45, 7) is 2.73. The molecule has 5 heteroatoms. The zero-order valence-corrected chi connectivity index (χ0v) is 13.6. The topological polar surface area (TPSA) is 49.8 Å². The molecule has 4 rings (SSSR count). The van der Waals surface area contributed by atoms with Gasteiger partial charge in [-0.3, -0.25) is 4.98 Å². The number of nitrogens with one attached hydrogen (secondary N) is 1. The van der Waals surface area contributed by atoms with Crippen molar-refractivity contribution >= 4 is 11.7 Å². The molecule has 2 fully saturated rings. The number of ether oxygens (including phenoxy) is 1. The lowest BCUT2D eigenvalue weighted by Crippen LogP contribution is -2.45. The van der Waals surface area contributed by atoms with E-state index in [-0.39, 0.29) is 6.04 Å². The lowest BCUT2D eigenvalue weighted by molar-refractivity contribution is 0.218. The number of benzene rings is 1. The predicted octanol–water partition coefficient (Wildman–Crippen LogP) is 2.89. The van der Waals surface area contributed by atoms with Gasteiger partial charge in [-0.1, -0.05) is 30.3 Å². The fourth-order valence-corrected chi connectivity index (χ4v) is 3.49. The molecule has 0 radical (unpaired) electrons. The third kappa shape index (κ3) is 3.12. The Morgan fingerprint density at radius 3 is 2.67 bits per heavy atom. The lowest BCUT2D eigenvalue weighted by atomic mass is 10.00. The Hall–Kier alpha value is -2.40. The summed E-state index contributed by atoms with van der Waals surface area (Å²) in [6.07, 6.45) is 5.75. The first-order valence-electron chi connectivity index (χ1n) is 8.57. The van der Waals surface area contributed by atoms with Crippen LogP contribution in [0.3, 0.4) is 0 Å². The summed E-state index contributed by atoms with van der Waals surface area (Å²) in [5.41, 5.74) is 2.12. The highest BCUT2D eigenvalue weighted by atomic mass is 16.5. The molecule has 0 aliphatic carbocycles. The summed E-state index contributed by atoms with van der Waals surface area (Å²) in [7, 11) is 0. The van der Waals surface area contributed by atoms with Gasteiger partial charge in [-0.05, 0) is 43.6 Å². The maximum Gasteiger partial charge on any atom is 0.293 e. The molecule has 0 bridgehead atoms. The molecule has 3 heterocycles. The molecule has 1 atom stereocenters. The average molecular weight is 322 g/mol. The van der Waals surface area contributed by atoms with Gasteiger partial charge in [-0.25, -0.2) is 0 Å². The molecule has 2 saturated heterocycles. The van der Waals surface area contributed by atoms with E-state index in [4.69, 9.17) is 9.73 Å². The van der Waals surface area contributed by atoms with E-state index in [2.05, 4.69) is 45.5 Å². The highest BCUT2D eigenvalue weighted by Crippen LogP contribution is 2.33. The minimum atomic E-state index is 0.227. The summed E-state index contributed by atoms with van der Waals surface area (Å²) in [5.74, 6) is 0. The van der Waals surface area contributed by atoms with E-state index in [0.29, 0.717) is 12.6 Å². The van der Waals surface area contributed by atoms with Gasteiger partial charge in [0.25, 0.3) is 6.02 Å². The van der Waals surface area contributed by atoms with Gasteiger partial charge in [0.1, 0.15) is 6.61 Å². The van der Waals surface area contributed by atoms with Crippen molar-refractivity contribution in [2.75, 3.05) is 19.7 Å². The molecule has 2 aliphatic rings. The molecule has 2 aromatic rings. The van der Waals surface area contributed by atoms with Crippen molar-refractivity contribution < 1.29 is 4.74 Å². The number of aromatic nitrogens is 1. The standard InChI is InChI=1S/C19H22N4O/c1-2-5-15(6-3-1)18-14-24-19(22-16-7-4-10-21-13-16)23(18)17-8-11-20-12-9-17/h1-7,10,13,17-18,20H,8-9,11-12,14H2. The Kier molecular flexibility index (Phi) is 4.42. The molecule has 1 N–H and O–H groups in total. The van der Waals surface area contributed by atoms with Gasteiger partial charge in [-0.2, -0.15) is 4.99 Å². The van der Waals surface area contributed by atoms with Crippen LogP contribution < -0.4 is 5.32 Å². The van der Waals surface area contributed by atoms with E-state index >= 15 is 0 Å². The van der Waals surface area contributed by atoms with Crippen molar-refractivity contribution in [3.63, 3.8) is 0 Å². The zero-order chi connectivity index (χ0) is 16.2. The van der Waals surface area contributed by atoms with E-state index in [1.54, 1.807) is 12.4 Å². The SMILES string of the molecule is c1ccc(C2COC(=Nc3cccnc3)N2C2CCNCC2)cc1. The van der Waals surface area contributed by atoms with Gasteiger partial charge in [0.2, 0.25) is 0 Å². The van der Waals surface area contributed by atoms with Crippen molar-refractivity contribution in [2.24, 2.45) is 4.99 Å². The van der Waals surface area contributed by atoms with Crippen molar-refractivity contribution in [1.82, 2.24) is 15.2 Å². The number of hydrogen-bond acceptors (Lipinski definition) is 4. The first-order valence-corrected chi connectivity index (χ1v) is 8.57. The van der Waals surface area contributed by atoms with Crippen LogP contribution in [-0.4, -0.2) is 41.6 Å². The fraction of sp³-hybridized carbons (Fsp3) is 0.368. The first kappa shape index (κ1) is 15.1. The second-order valence-corrected chi connectivity index (χ2v) is 6.23. The zero-order valence-electron chi connectivity index (χ0n) is 13.6. The van der Waals surface area contributed by atoms with Crippen LogP contribution in [0, 0.1) is 0 Å². The second-order valence-electron chi connectivity index (χ2n) is 6.23. The van der Waals surface area contributed by atoms with E-state index in [0.717, 1.165) is 37.6 Å². The number of hydrogen-bond donors (Lipinski definition) is 1. The Balaban J connectivity index is 1.67. The number of rotatable bonds is 3. The molecular weight excluding hydrogens is 300 g/mol. The quantitative estimate of drug-likeness (QED) is 0.944. The molecular formula is C19H22N4O. The van der Waals surface area contributed by atoms with Crippen molar-refractivity contribution in [2.45, 2.75) is 24.9 Å². The molecule has 2 aliphatic heterocycles. The van der Waals surface area contributed by atoms with Gasteiger partial charge in [0.05, 0.1) is 17.9 Å². The maximum absolute atomic E-state index is 6.02. The van der Waals surface area contributed by atoms with E-state index in [1.165, 1.54) is 5.56 Å². The molecule has 124 valence electrons. The van der Waals surface area contributed by atoms with Crippen LogP contribution in [0.4, 0.5) is 5.69 Å². The molecule has 0 amide bonds. The molecule has 1 aromatic carbocycles. The molecule has 5 nitrogen and oxygen atoms in total. The molecule has 24 heavy (non-hydrogen) atoms. The van der Waals surface area contributed by atoms with Crippen LogP contribution >= 0.6 is 0 Å². The normalized spacial score (nSPS) is 23.4. The Labute approximate surface area is 142 Å². The lowest BCUT2D eigenvalue weighted by Gasteiger charge is -2.35. The van der Waals surface area contributed by atoms with Crippen LogP contribution in [0.5, 0.6) is 0 Å². The molecule has 1 unspecified atom stereocenters. The van der Waals surface area contributed by atoms with Gasteiger partial charge >= 0.3 is 0 Å². The molecule has 0 saturated carbocycles. The van der Waals surface area contributed by atoms with Gasteiger partial charge in [0, 0.05) is 12.2 Å². The highest BCUT2D eigenvalue weighted by Gasteiger charge is 2.38. The van der Waals surface area contributed by atoms with Crippen molar-refractivity contribution in [3.8, 4) is 0 Å². The average Bonchev–Trinajstić information content (AvgIpc) is 3.07. The third-order valence-corrected chi connectivity index (χ3v) is 4.68. The van der Waals surface area contributed by atoms with Crippen LogP contribution in [0.15, 0.2) is 59.9 Å². The fourth-order valence-electron chi connectivity index (χ4n) is 3.49. The summed E-state index contributed by atoms with van der Waals surface area (Å²) in [5, 5.41) is 3.44. The van der Waals surface area contributed by atoms with E-state index in [9.17, 15) is 0 Å². The number of pyridine rings is 1. The van der Waals surface area contributed by atoms with Crippen molar-refractivity contribution in [1.29, 1.82) is 0 Å². The minimum Gasteiger partial charge on any atom is -0.462 e. The summed E-state index contributed by atoms with van der Waals surface area (Å²) >= 11 is 0. The van der Waals surface area contributed by atoms with E-state index < -0.39 is 0 Å². The second kappa shape index (κ2) is 7.01. The maximum atomic E-state index is 6.02. The smallest absolute Gasteiger partial charge is 0.293 e. The largest absolute Gasteiger partial charge is 0.462 e. The number of piperidine rings is 1. The molecule has 0 spiro atoms. The summed E-state index contributed by atoms with van der Waals surface area (Å²) in [4.78, 5) is 11.3. The molecule has 1 aromatic heterocycles.